The summed E-state index contributed by atoms with van der Waals surface area (Å²) >= 11 is 0. The predicted octanol–water partition coefficient (Wildman–Crippen LogP) is 1.05. The van der Waals surface area contributed by atoms with E-state index in [9.17, 15) is 14.7 Å². The van der Waals surface area contributed by atoms with Gasteiger partial charge in [-0.15, -0.1) is 0 Å². The highest BCUT2D eigenvalue weighted by Crippen LogP contribution is 2.19. The fourth-order valence-corrected chi connectivity index (χ4v) is 2.33. The second-order valence-electron chi connectivity index (χ2n) is 4.98. The third-order valence-electron chi connectivity index (χ3n) is 3.31. The Bertz CT molecular complexity index is 553. The molecule has 0 spiro atoms. The van der Waals surface area contributed by atoms with Crippen LogP contribution in [-0.4, -0.2) is 45.7 Å². The van der Waals surface area contributed by atoms with E-state index in [2.05, 4.69) is 0 Å². The van der Waals surface area contributed by atoms with Crippen molar-refractivity contribution in [3.63, 3.8) is 0 Å². The summed E-state index contributed by atoms with van der Waals surface area (Å²) in [5, 5.41) is 18.6. The lowest BCUT2D eigenvalue weighted by atomic mass is 10.1. The van der Waals surface area contributed by atoms with Crippen LogP contribution < -0.4 is 0 Å². The number of amides is 1. The molecule has 2 atom stereocenters. The van der Waals surface area contributed by atoms with Gasteiger partial charge in [-0.3, -0.25) is 4.79 Å². The van der Waals surface area contributed by atoms with E-state index in [0.29, 0.717) is 0 Å². The van der Waals surface area contributed by atoms with E-state index in [1.54, 1.807) is 6.08 Å². The molecule has 1 aromatic rings. The number of aliphatic hydroxyl groups is 1. The van der Waals surface area contributed by atoms with Gasteiger partial charge >= 0.3 is 5.97 Å². The highest BCUT2D eigenvalue weighted by atomic mass is 16.4. The number of aliphatic carboxylic acids is 1. The number of hydrogen-bond donors (Lipinski definition) is 2. The Kier molecular flexibility index (Phi) is 4.20. The second kappa shape index (κ2) is 5.88. The fourth-order valence-electron chi connectivity index (χ4n) is 2.33. The van der Waals surface area contributed by atoms with Crippen molar-refractivity contribution in [1.82, 2.24) is 4.90 Å². The summed E-state index contributed by atoms with van der Waals surface area (Å²) in [5.41, 5.74) is 1.96. The van der Waals surface area contributed by atoms with Crippen LogP contribution in [0.15, 0.2) is 30.3 Å². The van der Waals surface area contributed by atoms with Crippen molar-refractivity contribution in [3.05, 3.63) is 41.5 Å². The number of β-amino-alcohol motifs (C(OH)–C–C–N with tert-alkyl or cyclic N) is 1. The molecule has 0 radical (unpaired) electrons. The summed E-state index contributed by atoms with van der Waals surface area (Å²) < 4.78 is 0. The number of nitrogens with zero attached hydrogens (tertiary/aromatic N) is 1. The molecule has 1 saturated heterocycles. The van der Waals surface area contributed by atoms with E-state index in [1.807, 2.05) is 31.2 Å². The molecule has 5 heteroatoms. The van der Waals surface area contributed by atoms with E-state index in [1.165, 1.54) is 11.0 Å². The number of aliphatic hydroxyl groups excluding tert-OH is 1. The number of aryl methyl sites for hydroxylation is 1. The van der Waals surface area contributed by atoms with Crippen molar-refractivity contribution in [2.24, 2.45) is 0 Å². The number of carbonyl (C=O) groups excluding carboxylic acids is 1. The molecule has 5 nitrogen and oxygen atoms in total. The van der Waals surface area contributed by atoms with Crippen LogP contribution in [0.2, 0.25) is 0 Å². The summed E-state index contributed by atoms with van der Waals surface area (Å²) in [5.74, 6) is -1.48. The Morgan fingerprint density at radius 2 is 2.15 bits per heavy atom. The number of carbonyl (C=O) groups is 2. The van der Waals surface area contributed by atoms with Crippen molar-refractivity contribution in [3.8, 4) is 0 Å². The Balaban J connectivity index is 2.09. The molecule has 0 aliphatic carbocycles. The van der Waals surface area contributed by atoms with Crippen molar-refractivity contribution in [2.45, 2.75) is 25.5 Å². The molecule has 0 aromatic heterocycles. The standard InChI is InChI=1S/C15H17NO4/c1-10-3-2-4-11(7-10)5-6-14(18)16-9-12(17)8-13(16)15(19)20/h2-7,12-13,17H,8-9H2,1H3,(H,19,20)/b6-5+. The summed E-state index contributed by atoms with van der Waals surface area (Å²) in [6.07, 6.45) is 2.31. The Hall–Kier alpha value is -2.14. The van der Waals surface area contributed by atoms with Crippen molar-refractivity contribution in [2.75, 3.05) is 6.54 Å². The molecule has 0 bridgehead atoms. The van der Waals surface area contributed by atoms with Crippen LogP contribution in [-0.2, 0) is 9.59 Å². The van der Waals surface area contributed by atoms with Gasteiger partial charge in [-0.1, -0.05) is 29.8 Å². The number of benzene rings is 1. The SMILES string of the molecule is Cc1cccc(/C=C/C(=O)N2CC(O)CC2C(=O)O)c1. The maximum absolute atomic E-state index is 12.0. The maximum atomic E-state index is 12.0. The zero-order valence-electron chi connectivity index (χ0n) is 11.2. The van der Waals surface area contributed by atoms with Gasteiger partial charge < -0.3 is 15.1 Å². The Labute approximate surface area is 117 Å². The van der Waals surface area contributed by atoms with Gasteiger partial charge in [0.15, 0.2) is 0 Å². The van der Waals surface area contributed by atoms with Crippen LogP contribution in [0.1, 0.15) is 17.5 Å². The van der Waals surface area contributed by atoms with Crippen LogP contribution in [0, 0.1) is 6.92 Å². The van der Waals surface area contributed by atoms with Crippen molar-refractivity contribution in [1.29, 1.82) is 0 Å². The first-order valence-electron chi connectivity index (χ1n) is 6.43. The third-order valence-corrected chi connectivity index (χ3v) is 3.31. The molecule has 106 valence electrons. The number of rotatable bonds is 3. The molecule has 0 saturated carbocycles. The van der Waals surface area contributed by atoms with Gasteiger partial charge in [-0.05, 0) is 18.6 Å². The van der Waals surface area contributed by atoms with Crippen LogP contribution in [0.4, 0.5) is 0 Å². The molecule has 2 unspecified atom stereocenters. The van der Waals surface area contributed by atoms with E-state index in [-0.39, 0.29) is 13.0 Å². The third kappa shape index (κ3) is 3.24. The van der Waals surface area contributed by atoms with Gasteiger partial charge in [0.25, 0.3) is 0 Å². The van der Waals surface area contributed by atoms with Crippen LogP contribution in [0.3, 0.4) is 0 Å². The number of carboxylic acids is 1. The van der Waals surface area contributed by atoms with Crippen molar-refractivity contribution >= 4 is 18.0 Å². The lowest BCUT2D eigenvalue weighted by Crippen LogP contribution is -2.39. The van der Waals surface area contributed by atoms with Crippen LogP contribution >= 0.6 is 0 Å². The molecule has 1 aromatic carbocycles. The minimum atomic E-state index is -1.08. The smallest absolute Gasteiger partial charge is 0.326 e. The molecule has 1 amide bonds. The summed E-state index contributed by atoms with van der Waals surface area (Å²) in [6.45, 7) is 2.02. The zero-order chi connectivity index (χ0) is 14.7. The largest absolute Gasteiger partial charge is 0.480 e. The number of hydrogen-bond acceptors (Lipinski definition) is 3. The monoisotopic (exact) mass is 275 g/mol. The maximum Gasteiger partial charge on any atom is 0.326 e. The highest BCUT2D eigenvalue weighted by Gasteiger charge is 2.37. The van der Waals surface area contributed by atoms with Crippen molar-refractivity contribution < 1.29 is 19.8 Å². The fraction of sp³-hybridized carbons (Fsp3) is 0.333. The quantitative estimate of drug-likeness (QED) is 0.808. The number of carboxylic acid groups (broad SMARTS) is 1. The van der Waals surface area contributed by atoms with Gasteiger partial charge in [0, 0.05) is 19.0 Å². The summed E-state index contributed by atoms with van der Waals surface area (Å²) in [6, 6.07) is 6.69. The van der Waals surface area contributed by atoms with Gasteiger partial charge in [-0.25, -0.2) is 4.79 Å². The van der Waals surface area contributed by atoms with E-state index >= 15 is 0 Å². The van der Waals surface area contributed by atoms with E-state index in [0.717, 1.165) is 11.1 Å². The lowest BCUT2D eigenvalue weighted by molar-refractivity contribution is -0.146. The summed E-state index contributed by atoms with van der Waals surface area (Å²) in [4.78, 5) is 24.3. The minimum absolute atomic E-state index is 0.0634. The molecular formula is C15H17NO4. The van der Waals surface area contributed by atoms with Gasteiger partial charge in [-0.2, -0.15) is 0 Å². The Morgan fingerprint density at radius 1 is 1.40 bits per heavy atom. The second-order valence-corrected chi connectivity index (χ2v) is 4.98. The van der Waals surface area contributed by atoms with Crippen LogP contribution in [0.25, 0.3) is 6.08 Å². The van der Waals surface area contributed by atoms with Crippen LogP contribution in [0.5, 0.6) is 0 Å². The topological polar surface area (TPSA) is 77.8 Å². The first kappa shape index (κ1) is 14.3. The highest BCUT2D eigenvalue weighted by molar-refractivity contribution is 5.94. The van der Waals surface area contributed by atoms with Gasteiger partial charge in [0.1, 0.15) is 6.04 Å². The molecule has 20 heavy (non-hydrogen) atoms. The zero-order valence-corrected chi connectivity index (χ0v) is 11.2. The molecule has 2 rings (SSSR count). The lowest BCUT2D eigenvalue weighted by Gasteiger charge is -2.19. The number of likely N-dealkylation sites (tertiary alicyclic amines) is 1. The molecule has 1 heterocycles. The van der Waals surface area contributed by atoms with Gasteiger partial charge in [0.2, 0.25) is 5.91 Å². The first-order chi connectivity index (χ1) is 9.47. The molecule has 1 fully saturated rings. The average Bonchev–Trinajstić information content (AvgIpc) is 2.78. The van der Waals surface area contributed by atoms with E-state index < -0.39 is 24.0 Å². The van der Waals surface area contributed by atoms with E-state index in [4.69, 9.17) is 5.11 Å². The normalized spacial score (nSPS) is 22.4. The predicted molar refractivity (Wildman–Crippen MR) is 74.0 cm³/mol. The molecule has 1 aliphatic rings. The minimum Gasteiger partial charge on any atom is -0.480 e. The molecule has 1 aliphatic heterocycles. The first-order valence-corrected chi connectivity index (χ1v) is 6.43. The Morgan fingerprint density at radius 3 is 2.80 bits per heavy atom. The van der Waals surface area contributed by atoms with Gasteiger partial charge in [0.05, 0.1) is 6.10 Å². The molecule has 2 N–H and O–H groups in total. The average molecular weight is 275 g/mol. The molecular weight excluding hydrogens is 258 g/mol. The summed E-state index contributed by atoms with van der Waals surface area (Å²) in [7, 11) is 0.